The summed E-state index contributed by atoms with van der Waals surface area (Å²) in [6.07, 6.45) is 1.47. The summed E-state index contributed by atoms with van der Waals surface area (Å²) in [6, 6.07) is 0. The van der Waals surface area contributed by atoms with Gasteiger partial charge in [-0.3, -0.25) is 14.4 Å². The van der Waals surface area contributed by atoms with Crippen LogP contribution in [-0.2, 0) is 59.7 Å². The van der Waals surface area contributed by atoms with Crippen molar-refractivity contribution in [1.29, 1.82) is 0 Å². The number of carbonyl (C=O) groups is 3. The van der Waals surface area contributed by atoms with Crippen LogP contribution in [0.4, 0.5) is 0 Å². The molecule has 0 aliphatic heterocycles. The normalized spacial score (nSPS) is 13.9. The minimum atomic E-state index is -0.897. The number of carboxylic acid groups (broad SMARTS) is 1. The van der Waals surface area contributed by atoms with E-state index < -0.39 is 11.9 Å². The van der Waals surface area contributed by atoms with Gasteiger partial charge in [0.1, 0.15) is 11.6 Å². The van der Waals surface area contributed by atoms with Gasteiger partial charge in [-0.05, 0) is 18.3 Å². The summed E-state index contributed by atoms with van der Waals surface area (Å²) in [5, 5.41) is 8.81. The van der Waals surface area contributed by atoms with Gasteiger partial charge in [-0.2, -0.15) is 5.75 Å². The number of ketones is 2. The Bertz CT molecular complexity index is 377. The second-order valence-corrected chi connectivity index (χ2v) is 7.08. The summed E-state index contributed by atoms with van der Waals surface area (Å²) < 4.78 is 0. The third-order valence-electron chi connectivity index (χ3n) is 3.47. The average molecular weight is 404 g/mol. The van der Waals surface area contributed by atoms with E-state index in [2.05, 4.69) is 0 Å². The number of Topliss-reactive ketones (excluding diaryl/α,β-unsaturated/α-hetero) is 2. The van der Waals surface area contributed by atoms with Crippen LogP contribution < -0.4 is 0 Å². The summed E-state index contributed by atoms with van der Waals surface area (Å²) >= 11 is 4.97. The zero-order chi connectivity index (χ0) is 16.6. The van der Waals surface area contributed by atoms with Gasteiger partial charge in [0, 0.05) is 63.8 Å². The third kappa shape index (κ3) is 10.9. The molecule has 0 heterocycles. The van der Waals surface area contributed by atoms with E-state index in [-0.39, 0.29) is 74.2 Å². The van der Waals surface area contributed by atoms with Crippen LogP contribution in [0.5, 0.6) is 0 Å². The topological polar surface area (TPSA) is 71.4 Å². The van der Waals surface area contributed by atoms with Crippen molar-refractivity contribution in [2.45, 2.75) is 59.8 Å². The first kappa shape index (κ1) is 24.5. The van der Waals surface area contributed by atoms with Gasteiger partial charge >= 0.3 is 5.97 Å². The van der Waals surface area contributed by atoms with Crippen molar-refractivity contribution in [3.8, 4) is 0 Å². The van der Waals surface area contributed by atoms with Crippen molar-refractivity contribution in [3.63, 3.8) is 0 Å². The van der Waals surface area contributed by atoms with Crippen LogP contribution in [0.3, 0.4) is 0 Å². The van der Waals surface area contributed by atoms with Crippen molar-refractivity contribution in [3.05, 3.63) is 0 Å². The number of hydrogen-bond donors (Lipinski definition) is 1. The van der Waals surface area contributed by atoms with Gasteiger partial charge in [-0.25, -0.2) is 0 Å². The second kappa shape index (κ2) is 11.7. The van der Waals surface area contributed by atoms with E-state index in [0.717, 1.165) is 0 Å². The number of aliphatic carboxylic acids is 1. The molecule has 0 aromatic carbocycles. The molecule has 0 fully saturated rings. The van der Waals surface area contributed by atoms with Crippen LogP contribution in [0.1, 0.15) is 59.8 Å². The zero-order valence-corrected chi connectivity index (χ0v) is 17.7. The molecule has 0 saturated carbocycles. The molecule has 6 heteroatoms. The Kier molecular flexibility index (Phi) is 13.1. The first-order valence-electron chi connectivity index (χ1n) is 7.46. The molecule has 0 rings (SSSR count). The molecule has 4 nitrogen and oxygen atoms in total. The number of hydrogen-bond acceptors (Lipinski definition) is 4. The number of carbonyl (C=O) groups excluding carboxylic acids is 2. The molecule has 1 N–H and O–H groups in total. The van der Waals surface area contributed by atoms with E-state index in [0.29, 0.717) is 19.3 Å². The third-order valence-corrected chi connectivity index (χ3v) is 3.88. The molecule has 0 aromatic heterocycles. The Hall–Kier alpha value is 0.264. The molecule has 2 unspecified atom stereocenters. The Morgan fingerprint density at radius 1 is 1.09 bits per heavy atom. The smallest absolute Gasteiger partial charge is 0.303 e. The number of rotatable bonds is 10. The van der Waals surface area contributed by atoms with Gasteiger partial charge in [0.15, 0.2) is 0 Å². The predicted octanol–water partition coefficient (Wildman–Crippen LogP) is 3.00. The summed E-state index contributed by atoms with van der Waals surface area (Å²) in [7, 11) is 0. The summed E-state index contributed by atoms with van der Waals surface area (Å²) in [5.41, 5.74) is -0.0585. The minimum absolute atomic E-state index is 0. The molecule has 0 amide bonds. The van der Waals surface area contributed by atoms with Crippen molar-refractivity contribution in [2.24, 2.45) is 17.3 Å². The maximum absolute atomic E-state index is 12.4. The minimum Gasteiger partial charge on any atom is -0.792 e. The predicted molar refractivity (Wildman–Crippen MR) is 85.1 cm³/mol. The molecule has 1 radical (unpaired) electrons. The fourth-order valence-electron chi connectivity index (χ4n) is 2.38. The maximum Gasteiger partial charge on any atom is 0.303 e. The van der Waals surface area contributed by atoms with Crippen LogP contribution >= 0.6 is 0 Å². The van der Waals surface area contributed by atoms with E-state index in [1.54, 1.807) is 6.92 Å². The zero-order valence-electron chi connectivity index (χ0n) is 14.1. The van der Waals surface area contributed by atoms with Crippen molar-refractivity contribution >= 4 is 30.2 Å². The van der Waals surface area contributed by atoms with Gasteiger partial charge in [0.05, 0.1) is 0 Å². The SMILES string of the molecule is CCC(=O)C(C[S-])CC(=O)C(CCC(=O)O)CC(C)(C)C.[Y]. The molecule has 125 valence electrons. The first-order chi connectivity index (χ1) is 9.60. The van der Waals surface area contributed by atoms with Crippen LogP contribution in [0.15, 0.2) is 0 Å². The molecule has 0 aliphatic rings. The summed E-state index contributed by atoms with van der Waals surface area (Å²) in [5.74, 6) is -1.36. The van der Waals surface area contributed by atoms with E-state index in [9.17, 15) is 14.4 Å². The van der Waals surface area contributed by atoms with E-state index in [1.807, 2.05) is 20.8 Å². The van der Waals surface area contributed by atoms with E-state index in [1.165, 1.54) is 0 Å². The Morgan fingerprint density at radius 3 is 2.00 bits per heavy atom. The summed E-state index contributed by atoms with van der Waals surface area (Å²) in [4.78, 5) is 34.9. The van der Waals surface area contributed by atoms with Gasteiger partial charge in [0.25, 0.3) is 0 Å². The fraction of sp³-hybridized carbons (Fsp3) is 0.812. The van der Waals surface area contributed by atoms with E-state index >= 15 is 0 Å². The molecule has 0 spiro atoms. The molecule has 0 aliphatic carbocycles. The van der Waals surface area contributed by atoms with Crippen LogP contribution in [0.2, 0.25) is 0 Å². The van der Waals surface area contributed by atoms with Crippen LogP contribution in [0, 0.1) is 17.3 Å². The largest absolute Gasteiger partial charge is 0.792 e. The Balaban J connectivity index is 0. The summed E-state index contributed by atoms with van der Waals surface area (Å²) in [6.45, 7) is 7.84. The first-order valence-corrected chi connectivity index (χ1v) is 8.03. The van der Waals surface area contributed by atoms with E-state index in [4.69, 9.17) is 17.7 Å². The van der Waals surface area contributed by atoms with Crippen molar-refractivity contribution in [1.82, 2.24) is 0 Å². The number of carboxylic acids is 1. The Labute approximate surface area is 164 Å². The standard InChI is InChI=1S/C16H28O4S.Y/c1-5-13(17)12(10-21)8-14(18)11(6-7-15(19)20)9-16(2,3)4;/h11-12,21H,5-10H2,1-4H3,(H,19,20);/p-1. The van der Waals surface area contributed by atoms with Crippen molar-refractivity contribution < 1.29 is 52.2 Å². The van der Waals surface area contributed by atoms with Gasteiger partial charge < -0.3 is 17.7 Å². The van der Waals surface area contributed by atoms with Crippen LogP contribution in [-0.4, -0.2) is 28.4 Å². The van der Waals surface area contributed by atoms with Gasteiger partial charge in [-0.1, -0.05) is 27.7 Å². The Morgan fingerprint density at radius 2 is 1.64 bits per heavy atom. The maximum atomic E-state index is 12.4. The van der Waals surface area contributed by atoms with Crippen LogP contribution in [0.25, 0.3) is 0 Å². The molecular formula is C16H27O4SY-. The fourth-order valence-corrected chi connectivity index (χ4v) is 2.68. The van der Waals surface area contributed by atoms with Gasteiger partial charge in [-0.15, -0.1) is 0 Å². The monoisotopic (exact) mass is 404 g/mol. The quantitative estimate of drug-likeness (QED) is 0.567. The molecular weight excluding hydrogens is 377 g/mol. The van der Waals surface area contributed by atoms with Crippen molar-refractivity contribution in [2.75, 3.05) is 5.75 Å². The molecule has 22 heavy (non-hydrogen) atoms. The average Bonchev–Trinajstić information content (AvgIpc) is 2.38. The molecule has 2 atom stereocenters. The molecule has 0 saturated heterocycles. The van der Waals surface area contributed by atoms with Gasteiger partial charge in [0.2, 0.25) is 0 Å². The second-order valence-electron chi connectivity index (χ2n) is 6.75. The molecule has 0 bridgehead atoms. The molecule has 0 aromatic rings.